The predicted octanol–water partition coefficient (Wildman–Crippen LogP) is 4.49. The van der Waals surface area contributed by atoms with Crippen molar-refractivity contribution in [1.29, 1.82) is 0 Å². The maximum atomic E-state index is 11.0. The van der Waals surface area contributed by atoms with Crippen LogP contribution in [0.3, 0.4) is 0 Å². The lowest BCUT2D eigenvalue weighted by Crippen LogP contribution is -2.18. The minimum Gasteiger partial charge on any atom is -0.493 e. The number of nitrogens with zero attached hydrogens (tertiary/aromatic N) is 3. The highest BCUT2D eigenvalue weighted by Crippen LogP contribution is 2.33. The Labute approximate surface area is 154 Å². The first-order valence-electron chi connectivity index (χ1n) is 8.93. The molecule has 1 N–H and O–H groups in total. The van der Waals surface area contributed by atoms with Crippen molar-refractivity contribution in [3.63, 3.8) is 0 Å². The summed E-state index contributed by atoms with van der Waals surface area (Å²) in [4.78, 5) is 21.2. The van der Waals surface area contributed by atoms with Gasteiger partial charge < -0.3 is 14.7 Å². The van der Waals surface area contributed by atoms with Crippen molar-refractivity contribution in [1.82, 2.24) is 9.97 Å². The van der Waals surface area contributed by atoms with Gasteiger partial charge in [-0.15, -0.1) is 0 Å². The summed E-state index contributed by atoms with van der Waals surface area (Å²) in [5, 5.41) is 8.98. The normalized spacial score (nSPS) is 11.0. The highest BCUT2D eigenvalue weighted by atomic mass is 16.5. The molecule has 0 saturated heterocycles. The molecule has 26 heavy (non-hydrogen) atoms. The van der Waals surface area contributed by atoms with Crippen LogP contribution in [0.15, 0.2) is 30.6 Å². The minimum atomic E-state index is -1.09. The van der Waals surface area contributed by atoms with Gasteiger partial charge in [-0.1, -0.05) is 33.8 Å². The second kappa shape index (κ2) is 8.65. The van der Waals surface area contributed by atoms with E-state index in [0.29, 0.717) is 30.8 Å². The van der Waals surface area contributed by atoms with Crippen LogP contribution in [0.5, 0.6) is 5.75 Å². The molecule has 6 heteroatoms. The molecule has 0 unspecified atom stereocenters. The molecule has 6 nitrogen and oxygen atoms in total. The lowest BCUT2D eigenvalue weighted by atomic mass is 10.0. The Morgan fingerprint density at radius 3 is 2.42 bits per heavy atom. The number of anilines is 2. The number of hydrogen-bond acceptors (Lipinski definition) is 5. The van der Waals surface area contributed by atoms with Gasteiger partial charge in [0.1, 0.15) is 5.75 Å². The second-order valence-corrected chi connectivity index (χ2v) is 6.89. The van der Waals surface area contributed by atoms with Gasteiger partial charge in [0.2, 0.25) is 0 Å². The largest absolute Gasteiger partial charge is 0.493 e. The molecule has 0 radical (unpaired) electrons. The average Bonchev–Trinajstić information content (AvgIpc) is 2.61. The zero-order chi connectivity index (χ0) is 19.3. The second-order valence-electron chi connectivity index (χ2n) is 6.89. The van der Waals surface area contributed by atoms with E-state index in [-0.39, 0.29) is 5.69 Å². The Morgan fingerprint density at radius 1 is 1.19 bits per heavy atom. The van der Waals surface area contributed by atoms with E-state index >= 15 is 0 Å². The molecule has 0 aliphatic carbocycles. The molecule has 0 aliphatic heterocycles. The number of ether oxygens (including phenoxy) is 1. The molecule has 0 aliphatic rings. The van der Waals surface area contributed by atoms with Crippen molar-refractivity contribution >= 4 is 17.5 Å². The van der Waals surface area contributed by atoms with E-state index in [4.69, 9.17) is 9.84 Å². The lowest BCUT2D eigenvalue weighted by molar-refractivity contribution is 0.0690. The number of hydrogen-bond donors (Lipinski definition) is 1. The molecular weight excluding hydrogens is 330 g/mol. The van der Waals surface area contributed by atoms with Crippen LogP contribution in [-0.2, 0) is 0 Å². The summed E-state index contributed by atoms with van der Waals surface area (Å²) in [7, 11) is 0. The lowest BCUT2D eigenvalue weighted by Gasteiger charge is -2.24. The third-order valence-corrected chi connectivity index (χ3v) is 3.95. The van der Waals surface area contributed by atoms with Crippen molar-refractivity contribution < 1.29 is 14.6 Å². The minimum absolute atomic E-state index is 0.0686. The summed E-state index contributed by atoms with van der Waals surface area (Å²) in [5.41, 5.74) is 2.03. The van der Waals surface area contributed by atoms with E-state index in [0.717, 1.165) is 17.0 Å². The maximum absolute atomic E-state index is 11.0. The molecule has 2 aromatic rings. The van der Waals surface area contributed by atoms with Gasteiger partial charge >= 0.3 is 5.97 Å². The van der Waals surface area contributed by atoms with Crippen LogP contribution in [0.2, 0.25) is 0 Å². The molecule has 0 spiro atoms. The average molecular weight is 357 g/mol. The van der Waals surface area contributed by atoms with Crippen molar-refractivity contribution in [3.8, 4) is 5.75 Å². The fourth-order valence-corrected chi connectivity index (χ4v) is 2.60. The molecule has 0 atom stereocenters. The number of rotatable bonds is 8. The van der Waals surface area contributed by atoms with Gasteiger partial charge in [-0.05, 0) is 30.4 Å². The van der Waals surface area contributed by atoms with E-state index in [1.807, 2.05) is 24.0 Å². The van der Waals surface area contributed by atoms with Crippen LogP contribution in [0.4, 0.5) is 11.5 Å². The van der Waals surface area contributed by atoms with E-state index in [2.05, 4.69) is 43.7 Å². The standard InChI is InChI=1S/C20H27N3O3/c1-6-23(19-11-21-17(10-22-19)20(24)25)15-7-8-16(14(4)5)18(9-15)26-12-13(2)3/h7-11,13-14H,6,12H2,1-5H3,(H,24,25). The molecule has 2 rings (SSSR count). The summed E-state index contributed by atoms with van der Waals surface area (Å²) in [5.74, 6) is 1.19. The Bertz CT molecular complexity index is 742. The quantitative estimate of drug-likeness (QED) is 0.750. The van der Waals surface area contributed by atoms with Crippen LogP contribution < -0.4 is 9.64 Å². The van der Waals surface area contributed by atoms with Crippen LogP contribution in [0.1, 0.15) is 56.6 Å². The zero-order valence-corrected chi connectivity index (χ0v) is 16.1. The number of carboxylic acid groups (broad SMARTS) is 1. The Hall–Kier alpha value is -2.63. The van der Waals surface area contributed by atoms with Crippen LogP contribution in [0, 0.1) is 5.92 Å². The molecular formula is C20H27N3O3. The number of carbonyl (C=O) groups is 1. The first-order valence-corrected chi connectivity index (χ1v) is 8.93. The van der Waals surface area contributed by atoms with Gasteiger partial charge in [0, 0.05) is 18.3 Å². The Kier molecular flexibility index (Phi) is 6.55. The molecule has 0 bridgehead atoms. The van der Waals surface area contributed by atoms with Gasteiger partial charge in [-0.25, -0.2) is 14.8 Å². The smallest absolute Gasteiger partial charge is 0.356 e. The zero-order valence-electron chi connectivity index (χ0n) is 16.1. The summed E-state index contributed by atoms with van der Waals surface area (Å²) >= 11 is 0. The van der Waals surface area contributed by atoms with Crippen molar-refractivity contribution in [2.75, 3.05) is 18.1 Å². The fraction of sp³-hybridized carbons (Fsp3) is 0.450. The summed E-state index contributed by atoms with van der Waals surface area (Å²) in [6.45, 7) is 11.9. The first kappa shape index (κ1) is 19.7. The fourth-order valence-electron chi connectivity index (χ4n) is 2.60. The summed E-state index contributed by atoms with van der Waals surface area (Å²) in [6, 6.07) is 6.14. The topological polar surface area (TPSA) is 75.5 Å². The highest BCUT2D eigenvalue weighted by molar-refractivity contribution is 5.85. The van der Waals surface area contributed by atoms with E-state index in [1.54, 1.807) is 0 Å². The van der Waals surface area contributed by atoms with Gasteiger partial charge in [-0.3, -0.25) is 0 Å². The summed E-state index contributed by atoms with van der Waals surface area (Å²) < 4.78 is 6.04. The molecule has 0 fully saturated rings. The van der Waals surface area contributed by atoms with Gasteiger partial charge in [0.25, 0.3) is 0 Å². The van der Waals surface area contributed by atoms with E-state index in [1.165, 1.54) is 12.4 Å². The van der Waals surface area contributed by atoms with Crippen molar-refractivity contribution in [2.45, 2.75) is 40.5 Å². The van der Waals surface area contributed by atoms with Gasteiger partial charge in [0.05, 0.1) is 19.0 Å². The van der Waals surface area contributed by atoms with E-state index in [9.17, 15) is 4.79 Å². The van der Waals surface area contributed by atoms with Crippen LogP contribution >= 0.6 is 0 Å². The molecule has 1 aromatic heterocycles. The van der Waals surface area contributed by atoms with E-state index < -0.39 is 5.97 Å². The van der Waals surface area contributed by atoms with Crippen molar-refractivity contribution in [2.24, 2.45) is 5.92 Å². The van der Waals surface area contributed by atoms with Crippen molar-refractivity contribution in [3.05, 3.63) is 41.9 Å². The SMILES string of the molecule is CCN(c1ccc(C(C)C)c(OCC(C)C)c1)c1cnc(C(=O)O)cn1. The summed E-state index contributed by atoms with van der Waals surface area (Å²) in [6.07, 6.45) is 2.76. The molecule has 1 aromatic carbocycles. The predicted molar refractivity (Wildman–Crippen MR) is 103 cm³/mol. The highest BCUT2D eigenvalue weighted by Gasteiger charge is 2.15. The maximum Gasteiger partial charge on any atom is 0.356 e. The number of benzene rings is 1. The number of aromatic carboxylic acids is 1. The first-order chi connectivity index (χ1) is 12.3. The molecule has 0 saturated carbocycles. The molecule has 0 amide bonds. The third-order valence-electron chi connectivity index (χ3n) is 3.95. The van der Waals surface area contributed by atoms with Crippen LogP contribution in [0.25, 0.3) is 0 Å². The number of carboxylic acids is 1. The third kappa shape index (κ3) is 4.71. The number of aromatic nitrogens is 2. The van der Waals surface area contributed by atoms with Gasteiger partial charge in [-0.2, -0.15) is 0 Å². The van der Waals surface area contributed by atoms with Crippen LogP contribution in [-0.4, -0.2) is 34.2 Å². The van der Waals surface area contributed by atoms with Gasteiger partial charge in [0.15, 0.2) is 11.5 Å². The molecule has 1 heterocycles. The Balaban J connectivity index is 2.37. The monoisotopic (exact) mass is 357 g/mol. The Morgan fingerprint density at radius 2 is 1.92 bits per heavy atom. The molecule has 140 valence electrons.